The van der Waals surface area contributed by atoms with E-state index in [-0.39, 0.29) is 35.2 Å². The van der Waals surface area contributed by atoms with E-state index in [2.05, 4.69) is 13.8 Å². The molecule has 0 bridgehead atoms. The van der Waals surface area contributed by atoms with Crippen LogP contribution in [0.5, 0.6) is 0 Å². The zero-order chi connectivity index (χ0) is 34.4. The molecule has 4 aliphatic rings. The molecular formula is C44H62F4O. The summed E-state index contributed by atoms with van der Waals surface area (Å²) in [6.07, 6.45) is 24.3. The summed E-state index contributed by atoms with van der Waals surface area (Å²) in [6.45, 7) is 4.11. The minimum Gasteiger partial charge on any atom is -0.372 e. The van der Waals surface area contributed by atoms with Gasteiger partial charge in [-0.2, -0.15) is 0 Å². The topological polar surface area (TPSA) is 9.23 Å². The maximum atomic E-state index is 16.0. The standard InChI is InChI=1S/C44H62F4O/c1-3-11-31-13-19-35(20-14-31)43(25-7-5-8-26-43)37-23-17-33(39(45)41(37)47)29-49-30-34-18-24-38(42(48)40(34)46)44(27-9-6-10-28-44)36-21-15-32(12-4-2)16-22-36/h17-18,23-24,31-32,35-36H,3-16,19-22,25-30H2,1-2H3/t31-,32-,35-,36-. The summed E-state index contributed by atoms with van der Waals surface area (Å²) in [5, 5.41) is 0. The molecule has 2 aromatic rings. The van der Waals surface area contributed by atoms with Gasteiger partial charge < -0.3 is 4.74 Å². The maximum Gasteiger partial charge on any atom is 0.164 e. The van der Waals surface area contributed by atoms with Gasteiger partial charge in [-0.1, -0.05) is 128 Å². The number of rotatable bonds is 12. The SMILES string of the molecule is CCC[C@H]1CC[C@H](C2(c3ccc(COCc4ccc(C5([C@H]6CC[C@H](CCC)CC6)CCCCC5)c(F)c4F)c(F)c3F)CCCCC2)CC1. The highest BCUT2D eigenvalue weighted by Crippen LogP contribution is 2.54. The molecule has 4 fully saturated rings. The van der Waals surface area contributed by atoms with Gasteiger partial charge in [-0.15, -0.1) is 0 Å². The lowest BCUT2D eigenvalue weighted by Gasteiger charge is -2.47. The number of benzene rings is 2. The summed E-state index contributed by atoms with van der Waals surface area (Å²) in [7, 11) is 0. The van der Waals surface area contributed by atoms with Gasteiger partial charge in [0.1, 0.15) is 0 Å². The van der Waals surface area contributed by atoms with Crippen LogP contribution in [-0.4, -0.2) is 0 Å². The number of halogens is 4. The molecule has 0 aromatic heterocycles. The highest BCUT2D eigenvalue weighted by Gasteiger charge is 2.46. The van der Waals surface area contributed by atoms with Gasteiger partial charge in [0.2, 0.25) is 0 Å². The van der Waals surface area contributed by atoms with Crippen molar-refractivity contribution >= 4 is 0 Å². The van der Waals surface area contributed by atoms with Crippen molar-refractivity contribution in [2.75, 3.05) is 0 Å². The molecule has 0 atom stereocenters. The fourth-order valence-corrected chi connectivity index (χ4v) is 11.4. The first-order valence-corrected chi connectivity index (χ1v) is 20.4. The third-order valence-electron chi connectivity index (χ3n) is 14.1. The maximum absolute atomic E-state index is 16.0. The van der Waals surface area contributed by atoms with Crippen molar-refractivity contribution < 1.29 is 22.3 Å². The molecule has 272 valence electrons. The highest BCUT2D eigenvalue weighted by atomic mass is 19.2. The van der Waals surface area contributed by atoms with Crippen molar-refractivity contribution in [3.8, 4) is 0 Å². The van der Waals surface area contributed by atoms with Crippen LogP contribution in [0, 0.1) is 46.9 Å². The van der Waals surface area contributed by atoms with Gasteiger partial charge in [-0.25, -0.2) is 17.6 Å². The molecule has 0 saturated heterocycles. The quantitative estimate of drug-likeness (QED) is 0.203. The highest BCUT2D eigenvalue weighted by molar-refractivity contribution is 5.35. The van der Waals surface area contributed by atoms with Crippen LogP contribution in [0.25, 0.3) is 0 Å². The molecule has 0 aliphatic heterocycles. The first-order chi connectivity index (χ1) is 23.8. The number of hydrogen-bond acceptors (Lipinski definition) is 1. The van der Waals surface area contributed by atoms with Crippen LogP contribution in [0.3, 0.4) is 0 Å². The Hall–Kier alpha value is -1.88. The Morgan fingerprint density at radius 3 is 1.22 bits per heavy atom. The Labute approximate surface area is 294 Å². The van der Waals surface area contributed by atoms with E-state index in [0.29, 0.717) is 23.0 Å². The smallest absolute Gasteiger partial charge is 0.164 e. The zero-order valence-electron chi connectivity index (χ0n) is 30.5. The zero-order valence-corrected chi connectivity index (χ0v) is 30.5. The Bertz CT molecular complexity index is 1250. The fraction of sp³-hybridized carbons (Fsp3) is 0.727. The molecule has 0 amide bonds. The van der Waals surface area contributed by atoms with E-state index in [1.165, 1.54) is 51.4 Å². The van der Waals surface area contributed by atoms with E-state index < -0.39 is 23.3 Å². The summed E-state index contributed by atoms with van der Waals surface area (Å²) in [6, 6.07) is 6.98. The van der Waals surface area contributed by atoms with Crippen molar-refractivity contribution in [2.24, 2.45) is 23.7 Å². The Morgan fingerprint density at radius 1 is 0.510 bits per heavy atom. The lowest BCUT2D eigenvalue weighted by molar-refractivity contribution is 0.0996. The lowest BCUT2D eigenvalue weighted by Crippen LogP contribution is -2.40. The van der Waals surface area contributed by atoms with Gasteiger partial charge in [-0.05, 0) is 86.2 Å². The summed E-state index contributed by atoms with van der Waals surface area (Å²) in [5.74, 6) is -0.858. The van der Waals surface area contributed by atoms with Gasteiger partial charge in [0.05, 0.1) is 13.2 Å². The normalized spacial score (nSPS) is 27.2. The van der Waals surface area contributed by atoms with E-state index in [0.717, 1.165) is 102 Å². The van der Waals surface area contributed by atoms with Crippen LogP contribution in [0.4, 0.5) is 17.6 Å². The Kier molecular flexibility index (Phi) is 12.5. The second kappa shape index (κ2) is 16.6. The molecule has 2 aromatic carbocycles. The van der Waals surface area contributed by atoms with Crippen molar-refractivity contribution in [1.29, 1.82) is 0 Å². The van der Waals surface area contributed by atoms with Crippen LogP contribution in [-0.2, 0) is 28.8 Å². The van der Waals surface area contributed by atoms with Gasteiger partial charge >= 0.3 is 0 Å². The number of hydrogen-bond donors (Lipinski definition) is 0. The first kappa shape index (κ1) is 36.9. The molecule has 0 spiro atoms. The van der Waals surface area contributed by atoms with Crippen molar-refractivity contribution in [2.45, 2.75) is 179 Å². The molecule has 4 aliphatic carbocycles. The van der Waals surface area contributed by atoms with E-state index >= 15 is 17.6 Å². The van der Waals surface area contributed by atoms with Crippen LogP contribution >= 0.6 is 0 Å². The third-order valence-corrected chi connectivity index (χ3v) is 14.1. The number of ether oxygens (including phenoxy) is 1. The minimum absolute atomic E-state index is 0.135. The fourth-order valence-electron chi connectivity index (χ4n) is 11.4. The summed E-state index contributed by atoms with van der Waals surface area (Å²) >= 11 is 0. The average molecular weight is 683 g/mol. The van der Waals surface area contributed by atoms with Gasteiger partial charge in [0.15, 0.2) is 23.3 Å². The van der Waals surface area contributed by atoms with Crippen molar-refractivity contribution in [3.05, 3.63) is 69.8 Å². The lowest BCUT2D eigenvalue weighted by atomic mass is 9.57. The largest absolute Gasteiger partial charge is 0.372 e. The molecule has 1 nitrogen and oxygen atoms in total. The third kappa shape index (κ3) is 7.68. The molecule has 5 heteroatoms. The Morgan fingerprint density at radius 2 is 0.878 bits per heavy atom. The molecule has 0 radical (unpaired) electrons. The molecule has 0 heterocycles. The van der Waals surface area contributed by atoms with Crippen LogP contribution < -0.4 is 0 Å². The van der Waals surface area contributed by atoms with E-state index in [1.54, 1.807) is 12.1 Å². The molecular weight excluding hydrogens is 620 g/mol. The molecule has 49 heavy (non-hydrogen) atoms. The summed E-state index contributed by atoms with van der Waals surface area (Å²) in [4.78, 5) is 0. The predicted octanol–water partition coefficient (Wildman–Crippen LogP) is 13.6. The second-order valence-electron chi connectivity index (χ2n) is 16.7. The summed E-state index contributed by atoms with van der Waals surface area (Å²) < 4.78 is 69.4. The minimum atomic E-state index is -0.850. The van der Waals surface area contributed by atoms with Crippen molar-refractivity contribution in [3.63, 3.8) is 0 Å². The van der Waals surface area contributed by atoms with E-state index in [9.17, 15) is 0 Å². The average Bonchev–Trinajstić information content (AvgIpc) is 3.13. The molecule has 4 saturated carbocycles. The van der Waals surface area contributed by atoms with Crippen LogP contribution in [0.15, 0.2) is 24.3 Å². The van der Waals surface area contributed by atoms with Gasteiger partial charge in [0.25, 0.3) is 0 Å². The molecule has 6 rings (SSSR count). The van der Waals surface area contributed by atoms with E-state index in [4.69, 9.17) is 4.74 Å². The molecule has 0 N–H and O–H groups in total. The summed E-state index contributed by atoms with van der Waals surface area (Å²) in [5.41, 5.74) is 0.768. The monoisotopic (exact) mass is 682 g/mol. The van der Waals surface area contributed by atoms with Crippen molar-refractivity contribution in [1.82, 2.24) is 0 Å². The predicted molar refractivity (Wildman–Crippen MR) is 191 cm³/mol. The first-order valence-electron chi connectivity index (χ1n) is 20.4. The second-order valence-corrected chi connectivity index (χ2v) is 16.7. The molecule has 0 unspecified atom stereocenters. The van der Waals surface area contributed by atoms with Gasteiger partial charge in [0, 0.05) is 22.0 Å². The Balaban J connectivity index is 1.14. The van der Waals surface area contributed by atoms with E-state index in [1.807, 2.05) is 12.1 Å². The van der Waals surface area contributed by atoms with Crippen LogP contribution in [0.1, 0.15) is 177 Å². The van der Waals surface area contributed by atoms with Crippen LogP contribution in [0.2, 0.25) is 0 Å². The van der Waals surface area contributed by atoms with Gasteiger partial charge in [-0.3, -0.25) is 0 Å².